The second-order valence-corrected chi connectivity index (χ2v) is 5.95. The lowest BCUT2D eigenvalue weighted by atomic mass is 10.2. The van der Waals surface area contributed by atoms with Gasteiger partial charge in [-0.15, -0.1) is 0 Å². The number of carbonyl (C=O) groups excluding carboxylic acids is 3. The SMILES string of the molecule is COc1ccccc1C(=O)NNC(=O)c1ccc(NC(=O)C2CC2)cc1. The number of amides is 3. The molecule has 0 aliphatic heterocycles. The second kappa shape index (κ2) is 7.69. The Morgan fingerprint density at radius 1 is 0.923 bits per heavy atom. The largest absolute Gasteiger partial charge is 0.496 e. The van der Waals surface area contributed by atoms with E-state index in [1.807, 2.05) is 0 Å². The van der Waals surface area contributed by atoms with Crippen molar-refractivity contribution in [3.63, 3.8) is 0 Å². The molecule has 3 N–H and O–H groups in total. The summed E-state index contributed by atoms with van der Waals surface area (Å²) in [5, 5.41) is 2.80. The first-order chi connectivity index (χ1) is 12.6. The number of anilines is 1. The standard InChI is InChI=1S/C19H19N3O4/c1-26-16-5-3-2-4-15(16)19(25)22-21-18(24)13-8-10-14(11-9-13)20-17(23)12-6-7-12/h2-5,8-12H,6-7H2,1H3,(H,20,23)(H,21,24)(H,22,25). The van der Waals surface area contributed by atoms with Crippen molar-refractivity contribution >= 4 is 23.4 Å². The molecule has 7 nitrogen and oxygen atoms in total. The van der Waals surface area contributed by atoms with Crippen molar-refractivity contribution in [2.24, 2.45) is 5.92 Å². The van der Waals surface area contributed by atoms with Crippen LogP contribution >= 0.6 is 0 Å². The molecule has 134 valence electrons. The van der Waals surface area contributed by atoms with E-state index in [9.17, 15) is 14.4 Å². The highest BCUT2D eigenvalue weighted by molar-refractivity contribution is 6.01. The highest BCUT2D eigenvalue weighted by atomic mass is 16.5. The van der Waals surface area contributed by atoms with Gasteiger partial charge >= 0.3 is 0 Å². The molecule has 0 aromatic heterocycles. The maximum absolute atomic E-state index is 12.2. The minimum Gasteiger partial charge on any atom is -0.496 e. The molecule has 1 aliphatic rings. The van der Waals surface area contributed by atoms with E-state index in [2.05, 4.69) is 16.2 Å². The summed E-state index contributed by atoms with van der Waals surface area (Å²) in [6.45, 7) is 0. The number of carbonyl (C=O) groups is 3. The summed E-state index contributed by atoms with van der Waals surface area (Å²) in [4.78, 5) is 36.0. The third-order valence-corrected chi connectivity index (χ3v) is 4.00. The van der Waals surface area contributed by atoms with Gasteiger partial charge in [0, 0.05) is 17.2 Å². The highest BCUT2D eigenvalue weighted by Crippen LogP contribution is 2.30. The number of hydrogen-bond donors (Lipinski definition) is 3. The van der Waals surface area contributed by atoms with Crippen LogP contribution in [0.3, 0.4) is 0 Å². The molecule has 3 rings (SSSR count). The fourth-order valence-electron chi connectivity index (χ4n) is 2.38. The zero-order valence-corrected chi connectivity index (χ0v) is 14.2. The molecule has 2 aromatic carbocycles. The van der Waals surface area contributed by atoms with E-state index in [1.54, 1.807) is 48.5 Å². The predicted molar refractivity (Wildman–Crippen MR) is 95.7 cm³/mol. The molecule has 1 saturated carbocycles. The lowest BCUT2D eigenvalue weighted by molar-refractivity contribution is -0.117. The molecule has 0 saturated heterocycles. The first kappa shape index (κ1) is 17.5. The Balaban J connectivity index is 1.56. The van der Waals surface area contributed by atoms with E-state index in [0.29, 0.717) is 22.6 Å². The van der Waals surface area contributed by atoms with E-state index in [-0.39, 0.29) is 11.8 Å². The molecule has 26 heavy (non-hydrogen) atoms. The molecular weight excluding hydrogens is 334 g/mol. The first-order valence-corrected chi connectivity index (χ1v) is 8.23. The van der Waals surface area contributed by atoms with Gasteiger partial charge in [-0.2, -0.15) is 0 Å². The monoisotopic (exact) mass is 353 g/mol. The van der Waals surface area contributed by atoms with Crippen molar-refractivity contribution in [3.05, 3.63) is 59.7 Å². The Labute approximate surface area is 150 Å². The molecule has 7 heteroatoms. The van der Waals surface area contributed by atoms with E-state index < -0.39 is 11.8 Å². The van der Waals surface area contributed by atoms with Crippen molar-refractivity contribution in [1.29, 1.82) is 0 Å². The van der Waals surface area contributed by atoms with Crippen LogP contribution in [0.25, 0.3) is 0 Å². The van der Waals surface area contributed by atoms with Gasteiger partial charge in [-0.1, -0.05) is 12.1 Å². The summed E-state index contributed by atoms with van der Waals surface area (Å²) in [7, 11) is 1.47. The van der Waals surface area contributed by atoms with Gasteiger partial charge in [-0.05, 0) is 49.2 Å². The molecule has 0 unspecified atom stereocenters. The van der Waals surface area contributed by atoms with Gasteiger partial charge in [0.15, 0.2) is 0 Å². The third kappa shape index (κ3) is 4.18. The maximum Gasteiger partial charge on any atom is 0.273 e. The lowest BCUT2D eigenvalue weighted by Gasteiger charge is -2.10. The minimum atomic E-state index is -0.482. The molecule has 1 aliphatic carbocycles. The van der Waals surface area contributed by atoms with Crippen LogP contribution in [-0.4, -0.2) is 24.8 Å². The van der Waals surface area contributed by atoms with Crippen molar-refractivity contribution in [2.75, 3.05) is 12.4 Å². The Morgan fingerprint density at radius 3 is 2.23 bits per heavy atom. The smallest absolute Gasteiger partial charge is 0.273 e. The summed E-state index contributed by atoms with van der Waals surface area (Å²) >= 11 is 0. The van der Waals surface area contributed by atoms with Gasteiger partial charge in [-0.3, -0.25) is 25.2 Å². The van der Waals surface area contributed by atoms with E-state index in [0.717, 1.165) is 12.8 Å². The minimum absolute atomic E-state index is 0.00581. The van der Waals surface area contributed by atoms with Gasteiger partial charge in [-0.25, -0.2) is 0 Å². The van der Waals surface area contributed by atoms with Crippen LogP contribution < -0.4 is 20.9 Å². The van der Waals surface area contributed by atoms with Crippen molar-refractivity contribution in [1.82, 2.24) is 10.9 Å². The number of methoxy groups -OCH3 is 1. The van der Waals surface area contributed by atoms with Crippen LogP contribution in [0, 0.1) is 5.92 Å². The third-order valence-electron chi connectivity index (χ3n) is 4.00. The van der Waals surface area contributed by atoms with Gasteiger partial charge in [0.25, 0.3) is 11.8 Å². The molecule has 0 atom stereocenters. The fourth-order valence-corrected chi connectivity index (χ4v) is 2.38. The summed E-state index contributed by atoms with van der Waals surface area (Å²) in [5.74, 6) is -0.415. The molecule has 0 bridgehead atoms. The average Bonchev–Trinajstić information content (AvgIpc) is 3.51. The number of hydrazine groups is 1. The quantitative estimate of drug-likeness (QED) is 0.717. The second-order valence-electron chi connectivity index (χ2n) is 5.95. The molecule has 0 radical (unpaired) electrons. The average molecular weight is 353 g/mol. The Bertz CT molecular complexity index is 829. The molecule has 3 amide bonds. The van der Waals surface area contributed by atoms with Crippen molar-refractivity contribution < 1.29 is 19.1 Å². The Hall–Kier alpha value is -3.35. The Morgan fingerprint density at radius 2 is 1.58 bits per heavy atom. The summed E-state index contributed by atoms with van der Waals surface area (Å²) in [6.07, 6.45) is 1.86. The summed E-state index contributed by atoms with van der Waals surface area (Å²) in [5.41, 5.74) is 6.01. The fraction of sp³-hybridized carbons (Fsp3) is 0.211. The molecule has 2 aromatic rings. The number of para-hydroxylation sites is 1. The van der Waals surface area contributed by atoms with Gasteiger partial charge in [0.2, 0.25) is 5.91 Å². The zero-order chi connectivity index (χ0) is 18.5. The van der Waals surface area contributed by atoms with Gasteiger partial charge < -0.3 is 10.1 Å². The highest BCUT2D eigenvalue weighted by Gasteiger charge is 2.29. The molecule has 1 fully saturated rings. The number of nitrogens with one attached hydrogen (secondary N) is 3. The van der Waals surface area contributed by atoms with Crippen LogP contribution in [0.1, 0.15) is 33.6 Å². The number of benzene rings is 2. The Kier molecular flexibility index (Phi) is 5.17. The number of ether oxygens (including phenoxy) is 1. The van der Waals surface area contributed by atoms with Gasteiger partial charge in [0.05, 0.1) is 12.7 Å². The zero-order valence-electron chi connectivity index (χ0n) is 14.2. The summed E-state index contributed by atoms with van der Waals surface area (Å²) < 4.78 is 5.12. The van der Waals surface area contributed by atoms with Crippen LogP contribution in [0.4, 0.5) is 5.69 Å². The van der Waals surface area contributed by atoms with Crippen molar-refractivity contribution in [3.8, 4) is 5.75 Å². The van der Waals surface area contributed by atoms with Gasteiger partial charge in [0.1, 0.15) is 5.75 Å². The predicted octanol–water partition coefficient (Wildman–Crippen LogP) is 2.12. The van der Waals surface area contributed by atoms with E-state index in [1.165, 1.54) is 7.11 Å². The normalized spacial score (nSPS) is 12.8. The first-order valence-electron chi connectivity index (χ1n) is 8.23. The number of rotatable bonds is 5. The topological polar surface area (TPSA) is 96.5 Å². The van der Waals surface area contributed by atoms with Crippen LogP contribution in [-0.2, 0) is 4.79 Å². The van der Waals surface area contributed by atoms with Crippen LogP contribution in [0.5, 0.6) is 5.75 Å². The van der Waals surface area contributed by atoms with Crippen molar-refractivity contribution in [2.45, 2.75) is 12.8 Å². The lowest BCUT2D eigenvalue weighted by Crippen LogP contribution is -2.41. The maximum atomic E-state index is 12.2. The van der Waals surface area contributed by atoms with E-state index in [4.69, 9.17) is 4.74 Å². The molecule has 0 spiro atoms. The summed E-state index contributed by atoms with van der Waals surface area (Å²) in [6, 6.07) is 13.2. The molecule has 0 heterocycles. The van der Waals surface area contributed by atoms with Crippen LogP contribution in [0.2, 0.25) is 0 Å². The molecular formula is C19H19N3O4. The number of hydrogen-bond acceptors (Lipinski definition) is 4. The van der Waals surface area contributed by atoms with Crippen LogP contribution in [0.15, 0.2) is 48.5 Å². The van der Waals surface area contributed by atoms with E-state index >= 15 is 0 Å².